The van der Waals surface area contributed by atoms with Crippen LogP contribution in [0.15, 0.2) is 24.3 Å². The smallest absolute Gasteiger partial charge is 0.407 e. The van der Waals surface area contributed by atoms with Gasteiger partial charge in [0.25, 0.3) is 5.91 Å². The van der Waals surface area contributed by atoms with Gasteiger partial charge in [0.1, 0.15) is 5.60 Å². The highest BCUT2D eigenvalue weighted by atomic mass is 32.1. The first-order valence-corrected chi connectivity index (χ1v) is 10.7. The Morgan fingerprint density at radius 3 is 2.34 bits per heavy atom. The van der Waals surface area contributed by atoms with E-state index < -0.39 is 17.2 Å². The van der Waals surface area contributed by atoms with Gasteiger partial charge in [0.15, 0.2) is 0 Å². The van der Waals surface area contributed by atoms with Crippen molar-refractivity contribution in [3.63, 3.8) is 0 Å². The average Bonchev–Trinajstić information content (AvgIpc) is 3.03. The van der Waals surface area contributed by atoms with E-state index in [1.54, 1.807) is 7.11 Å². The number of carbonyl (C=O) groups excluding carboxylic acids is 2. The van der Waals surface area contributed by atoms with Crippen molar-refractivity contribution in [2.24, 2.45) is 0 Å². The van der Waals surface area contributed by atoms with Gasteiger partial charge in [0.05, 0.1) is 17.0 Å². The number of nitrogens with one attached hydrogen (secondary N) is 2. The van der Waals surface area contributed by atoms with Gasteiger partial charge >= 0.3 is 6.09 Å². The van der Waals surface area contributed by atoms with Crippen LogP contribution in [0, 0.1) is 0 Å². The number of benzene rings is 1. The summed E-state index contributed by atoms with van der Waals surface area (Å²) in [6.07, 6.45) is 0.866. The maximum absolute atomic E-state index is 13.2. The van der Waals surface area contributed by atoms with E-state index in [9.17, 15) is 9.59 Å². The Morgan fingerprint density at radius 2 is 1.76 bits per heavy atom. The Kier molecular flexibility index (Phi) is 7.66. The molecule has 0 saturated carbocycles. The zero-order chi connectivity index (χ0) is 21.7. The van der Waals surface area contributed by atoms with Gasteiger partial charge in [-0.3, -0.25) is 4.79 Å². The maximum Gasteiger partial charge on any atom is 0.407 e. The Bertz CT molecular complexity index is 850. The monoisotopic (exact) mass is 420 g/mol. The lowest BCUT2D eigenvalue weighted by Gasteiger charge is -2.33. The fourth-order valence-electron chi connectivity index (χ4n) is 3.14. The second kappa shape index (κ2) is 9.59. The van der Waals surface area contributed by atoms with Gasteiger partial charge in [0.2, 0.25) is 0 Å². The minimum absolute atomic E-state index is 0.145. The number of thiophene rings is 1. The number of rotatable bonds is 8. The molecule has 2 rings (SSSR count). The molecule has 1 aromatic carbocycles. The molecule has 0 radical (unpaired) electrons. The van der Waals surface area contributed by atoms with Crippen LogP contribution in [0.1, 0.15) is 62.7 Å². The minimum Gasteiger partial charge on any atom is -0.444 e. The molecular formula is C22H32N2O4S. The summed E-state index contributed by atoms with van der Waals surface area (Å²) >= 11 is 1.46. The highest BCUT2D eigenvalue weighted by molar-refractivity contribution is 7.21. The number of alkyl carbamates (subject to hydrolysis) is 1. The van der Waals surface area contributed by atoms with Gasteiger partial charge in [0, 0.05) is 23.9 Å². The van der Waals surface area contributed by atoms with E-state index in [1.807, 2.05) is 58.9 Å². The quantitative estimate of drug-likeness (QED) is 0.639. The van der Waals surface area contributed by atoms with E-state index in [2.05, 4.69) is 10.6 Å². The Hall–Kier alpha value is -2.12. The molecule has 7 heteroatoms. The van der Waals surface area contributed by atoms with E-state index in [0.29, 0.717) is 30.9 Å². The molecule has 0 unspecified atom stereocenters. The van der Waals surface area contributed by atoms with Gasteiger partial charge in [-0.05, 0) is 45.1 Å². The van der Waals surface area contributed by atoms with Crippen LogP contribution in [-0.4, -0.2) is 36.8 Å². The number of carbonyl (C=O) groups is 2. The van der Waals surface area contributed by atoms with Crippen LogP contribution in [0.3, 0.4) is 0 Å². The van der Waals surface area contributed by atoms with Gasteiger partial charge in [-0.15, -0.1) is 11.3 Å². The highest BCUT2D eigenvalue weighted by Crippen LogP contribution is 2.32. The summed E-state index contributed by atoms with van der Waals surface area (Å²) < 4.78 is 11.7. The molecule has 1 heterocycles. The van der Waals surface area contributed by atoms with E-state index in [4.69, 9.17) is 9.47 Å². The zero-order valence-corrected chi connectivity index (χ0v) is 19.0. The van der Waals surface area contributed by atoms with Crippen molar-refractivity contribution in [1.82, 2.24) is 10.6 Å². The Balaban J connectivity index is 2.22. The number of fused-ring (bicyclic) bond motifs is 1. The van der Waals surface area contributed by atoms with E-state index in [-0.39, 0.29) is 5.91 Å². The molecule has 160 valence electrons. The van der Waals surface area contributed by atoms with E-state index in [0.717, 1.165) is 15.6 Å². The first-order valence-electron chi connectivity index (χ1n) is 9.93. The Labute approximate surface area is 177 Å². The third-order valence-corrected chi connectivity index (χ3v) is 6.11. The SMILES string of the molecule is CCC(CC)(CNC(=O)OC(C)(C)C)NC(=O)c1sc2ccccc2c1COC. The average molecular weight is 421 g/mol. The van der Waals surface area contributed by atoms with Crippen LogP contribution >= 0.6 is 11.3 Å². The van der Waals surface area contributed by atoms with Gasteiger partial charge in [-0.25, -0.2) is 4.79 Å². The predicted molar refractivity (Wildman–Crippen MR) is 118 cm³/mol. The molecule has 29 heavy (non-hydrogen) atoms. The molecule has 0 aliphatic heterocycles. The lowest BCUT2D eigenvalue weighted by molar-refractivity contribution is 0.0502. The van der Waals surface area contributed by atoms with Crippen molar-refractivity contribution in [3.8, 4) is 0 Å². The number of hydrogen-bond donors (Lipinski definition) is 2. The summed E-state index contributed by atoms with van der Waals surface area (Å²) in [7, 11) is 1.63. The van der Waals surface area contributed by atoms with Crippen LogP contribution in [0.25, 0.3) is 10.1 Å². The first-order chi connectivity index (χ1) is 13.6. The molecule has 0 aliphatic rings. The molecule has 0 spiro atoms. The van der Waals surface area contributed by atoms with Crippen molar-refractivity contribution in [3.05, 3.63) is 34.7 Å². The van der Waals surface area contributed by atoms with Crippen molar-refractivity contribution < 1.29 is 19.1 Å². The second-order valence-corrected chi connectivity index (χ2v) is 9.19. The third-order valence-electron chi connectivity index (χ3n) is 4.90. The molecule has 0 fully saturated rings. The molecule has 1 aromatic heterocycles. The summed E-state index contributed by atoms with van der Waals surface area (Å²) in [4.78, 5) is 26.0. The van der Waals surface area contributed by atoms with Gasteiger partial charge < -0.3 is 20.1 Å². The summed E-state index contributed by atoms with van der Waals surface area (Å²) in [5.41, 5.74) is -0.235. The molecule has 6 nitrogen and oxygen atoms in total. The lowest BCUT2D eigenvalue weighted by atomic mass is 9.92. The van der Waals surface area contributed by atoms with E-state index >= 15 is 0 Å². The molecule has 0 atom stereocenters. The van der Waals surface area contributed by atoms with Crippen molar-refractivity contribution >= 4 is 33.4 Å². The fourth-order valence-corrected chi connectivity index (χ4v) is 4.25. The lowest BCUT2D eigenvalue weighted by Crippen LogP contribution is -2.55. The first kappa shape index (κ1) is 23.2. The molecule has 0 aliphatic carbocycles. The predicted octanol–water partition coefficient (Wildman–Crippen LogP) is 4.86. The van der Waals surface area contributed by atoms with Crippen molar-refractivity contribution in [2.45, 2.75) is 65.2 Å². The highest BCUT2D eigenvalue weighted by Gasteiger charge is 2.31. The minimum atomic E-state index is -0.569. The number of methoxy groups -OCH3 is 1. The summed E-state index contributed by atoms with van der Waals surface area (Å²) in [5.74, 6) is -0.145. The number of hydrogen-bond acceptors (Lipinski definition) is 5. The van der Waals surface area contributed by atoms with Crippen molar-refractivity contribution in [1.29, 1.82) is 0 Å². The van der Waals surface area contributed by atoms with Crippen LogP contribution in [-0.2, 0) is 16.1 Å². The molecule has 2 N–H and O–H groups in total. The summed E-state index contributed by atoms with van der Waals surface area (Å²) in [6, 6.07) is 7.94. The number of ether oxygens (including phenoxy) is 2. The summed E-state index contributed by atoms with van der Waals surface area (Å²) in [6.45, 7) is 10.1. The largest absolute Gasteiger partial charge is 0.444 e. The molecule has 0 saturated heterocycles. The van der Waals surface area contributed by atoms with Crippen LogP contribution in [0.5, 0.6) is 0 Å². The van der Waals surface area contributed by atoms with Gasteiger partial charge in [-0.1, -0.05) is 32.0 Å². The second-order valence-electron chi connectivity index (χ2n) is 8.14. The van der Waals surface area contributed by atoms with Gasteiger partial charge in [-0.2, -0.15) is 0 Å². The van der Waals surface area contributed by atoms with Crippen molar-refractivity contribution in [2.75, 3.05) is 13.7 Å². The van der Waals surface area contributed by atoms with Crippen LogP contribution in [0.2, 0.25) is 0 Å². The maximum atomic E-state index is 13.2. The Morgan fingerprint density at radius 1 is 1.10 bits per heavy atom. The topological polar surface area (TPSA) is 76.7 Å². The summed E-state index contributed by atoms with van der Waals surface area (Å²) in [5, 5.41) is 7.01. The number of amides is 2. The molecule has 2 amide bonds. The van der Waals surface area contributed by atoms with Crippen LogP contribution < -0.4 is 10.6 Å². The van der Waals surface area contributed by atoms with E-state index in [1.165, 1.54) is 11.3 Å². The van der Waals surface area contributed by atoms with Crippen LogP contribution in [0.4, 0.5) is 4.79 Å². The standard InChI is InChI=1S/C22H32N2O4S/c1-7-22(8-2,14-23-20(26)28-21(3,4)5)24-19(25)18-16(13-27-6)15-11-9-10-12-17(15)29-18/h9-12H,7-8,13-14H2,1-6H3,(H,23,26)(H,24,25). The zero-order valence-electron chi connectivity index (χ0n) is 18.2. The normalized spacial score (nSPS) is 12.1. The fraction of sp³-hybridized carbons (Fsp3) is 0.545. The molecule has 0 bridgehead atoms. The molecular weight excluding hydrogens is 388 g/mol. The third kappa shape index (κ3) is 5.93. The molecule has 2 aromatic rings.